The van der Waals surface area contributed by atoms with Gasteiger partial charge in [0.1, 0.15) is 0 Å². The average Bonchev–Trinajstić information content (AvgIpc) is 3.23. The van der Waals surface area contributed by atoms with Crippen LogP contribution in [-0.4, -0.2) is 0 Å². The van der Waals surface area contributed by atoms with Gasteiger partial charge in [0.15, 0.2) is 0 Å². The van der Waals surface area contributed by atoms with Gasteiger partial charge in [-0.05, 0) is 69.5 Å². The summed E-state index contributed by atoms with van der Waals surface area (Å²) in [4.78, 5) is 0. The fraction of sp³-hybridized carbons (Fsp3) is 0.312. The van der Waals surface area contributed by atoms with Gasteiger partial charge in [0.25, 0.3) is 0 Å². The van der Waals surface area contributed by atoms with Crippen LogP contribution < -0.4 is 0 Å². The van der Waals surface area contributed by atoms with Crippen molar-refractivity contribution >= 4 is 0 Å². The molecule has 0 heterocycles. The number of rotatable bonds is 4. The van der Waals surface area contributed by atoms with Crippen LogP contribution in [0.15, 0.2) is 86.0 Å². The molecule has 0 aromatic heterocycles. The van der Waals surface area contributed by atoms with E-state index in [0.717, 1.165) is 12.8 Å². The lowest BCUT2D eigenvalue weighted by atomic mass is 9.75. The lowest BCUT2D eigenvalue weighted by Gasteiger charge is -2.28. The van der Waals surface area contributed by atoms with Crippen molar-refractivity contribution in [3.63, 3.8) is 0 Å². The minimum absolute atomic E-state index is 0.0188. The summed E-state index contributed by atoms with van der Waals surface area (Å²) < 4.78 is 0. The predicted octanol–water partition coefficient (Wildman–Crippen LogP) is 9.46. The van der Waals surface area contributed by atoms with Crippen molar-refractivity contribution < 1.29 is 0 Å². The van der Waals surface area contributed by atoms with Crippen LogP contribution in [0.25, 0.3) is 22.3 Å². The van der Waals surface area contributed by atoms with Gasteiger partial charge >= 0.3 is 0 Å². The highest BCUT2D eigenvalue weighted by atomic mass is 14.5. The van der Waals surface area contributed by atoms with Gasteiger partial charge in [-0.2, -0.15) is 0 Å². The van der Waals surface area contributed by atoms with Crippen molar-refractivity contribution in [1.82, 2.24) is 0 Å². The first-order chi connectivity index (χ1) is 15.5. The van der Waals surface area contributed by atoms with Crippen LogP contribution in [0.4, 0.5) is 0 Å². The standard InChI is InChI=1S/C28H26.2C2H6/c1-5-15-27(3)23-13-9-7-11-19(23)21-18-26-22(17-25(21)27)20-12-8-10-14-24(20)28(26,4)16-6-2;2*1-2/h5-14,17-18H,1-2,15-16H2,3-4H3;2*1-2H3. The van der Waals surface area contributed by atoms with Crippen molar-refractivity contribution in [3.8, 4) is 22.3 Å². The second-order valence-electron chi connectivity index (χ2n) is 8.68. The zero-order valence-corrected chi connectivity index (χ0v) is 20.8. The Bertz CT molecular complexity index is 1040. The normalized spacial score (nSPS) is 20.9. The molecule has 0 N–H and O–H groups in total. The SMILES string of the molecule is C=CCC1(C)c2ccccc2-c2cc3c(cc21)-c1ccccc1C3(C)CC=C.CC.CC. The Hall–Kier alpha value is -2.86. The van der Waals surface area contributed by atoms with E-state index in [1.54, 1.807) is 0 Å². The zero-order valence-electron chi connectivity index (χ0n) is 20.8. The van der Waals surface area contributed by atoms with E-state index in [0.29, 0.717) is 0 Å². The monoisotopic (exact) mass is 422 g/mol. The van der Waals surface area contributed by atoms with E-state index in [2.05, 4.69) is 99.8 Å². The van der Waals surface area contributed by atoms with Crippen molar-refractivity contribution in [2.24, 2.45) is 0 Å². The van der Waals surface area contributed by atoms with E-state index in [-0.39, 0.29) is 10.8 Å². The molecule has 0 nitrogen and oxygen atoms in total. The maximum atomic E-state index is 4.06. The first-order valence-electron chi connectivity index (χ1n) is 12.1. The van der Waals surface area contributed by atoms with Gasteiger partial charge < -0.3 is 0 Å². The van der Waals surface area contributed by atoms with E-state index >= 15 is 0 Å². The van der Waals surface area contributed by atoms with Crippen LogP contribution in [0.5, 0.6) is 0 Å². The van der Waals surface area contributed by atoms with E-state index in [9.17, 15) is 0 Å². The molecule has 2 atom stereocenters. The quantitative estimate of drug-likeness (QED) is 0.367. The zero-order chi connectivity index (χ0) is 23.5. The molecule has 2 aliphatic rings. The third kappa shape index (κ3) is 3.28. The lowest BCUT2D eigenvalue weighted by Crippen LogP contribution is -2.21. The summed E-state index contributed by atoms with van der Waals surface area (Å²) in [5.41, 5.74) is 11.2. The summed E-state index contributed by atoms with van der Waals surface area (Å²) in [5.74, 6) is 0. The van der Waals surface area contributed by atoms with Crippen LogP contribution in [0, 0.1) is 0 Å². The molecular weight excluding hydrogens is 384 g/mol. The van der Waals surface area contributed by atoms with E-state index in [4.69, 9.17) is 0 Å². The summed E-state index contributed by atoms with van der Waals surface area (Å²) in [6.45, 7) is 20.9. The van der Waals surface area contributed by atoms with Crippen molar-refractivity contribution in [3.05, 3.63) is 108 Å². The van der Waals surface area contributed by atoms with Gasteiger partial charge in [-0.15, -0.1) is 13.2 Å². The predicted molar refractivity (Wildman–Crippen MR) is 143 cm³/mol. The van der Waals surface area contributed by atoms with Crippen LogP contribution in [0.1, 0.15) is 76.6 Å². The number of fused-ring (bicyclic) bond motifs is 6. The van der Waals surface area contributed by atoms with Gasteiger partial charge in [0.05, 0.1) is 0 Å². The number of benzene rings is 3. The highest BCUT2D eigenvalue weighted by Crippen LogP contribution is 2.57. The fourth-order valence-electron chi connectivity index (χ4n) is 5.66. The molecule has 0 amide bonds. The van der Waals surface area contributed by atoms with Crippen LogP contribution >= 0.6 is 0 Å². The van der Waals surface area contributed by atoms with Crippen molar-refractivity contribution in [2.75, 3.05) is 0 Å². The Morgan fingerprint density at radius 3 is 1.25 bits per heavy atom. The number of allylic oxidation sites excluding steroid dienone is 2. The topological polar surface area (TPSA) is 0 Å². The maximum absolute atomic E-state index is 4.06. The minimum Gasteiger partial charge on any atom is -0.103 e. The number of hydrogen-bond donors (Lipinski definition) is 0. The summed E-state index contributed by atoms with van der Waals surface area (Å²) in [6.07, 6.45) is 6.02. The second kappa shape index (κ2) is 9.33. The highest BCUT2D eigenvalue weighted by molar-refractivity contribution is 5.89. The average molecular weight is 423 g/mol. The van der Waals surface area contributed by atoms with E-state index in [1.165, 1.54) is 44.5 Å². The first-order valence-corrected chi connectivity index (χ1v) is 12.1. The van der Waals surface area contributed by atoms with Crippen LogP contribution in [0.2, 0.25) is 0 Å². The van der Waals surface area contributed by atoms with Gasteiger partial charge in [-0.1, -0.05) is 102 Å². The molecule has 3 aromatic carbocycles. The molecule has 0 heteroatoms. The Kier molecular flexibility index (Phi) is 6.94. The molecule has 0 saturated carbocycles. The number of hydrogen-bond acceptors (Lipinski definition) is 0. The molecule has 0 spiro atoms. The molecule has 0 aliphatic heterocycles. The van der Waals surface area contributed by atoms with Crippen LogP contribution in [-0.2, 0) is 10.8 Å². The van der Waals surface area contributed by atoms with E-state index < -0.39 is 0 Å². The first kappa shape index (κ1) is 23.8. The molecule has 2 unspecified atom stereocenters. The molecule has 32 heavy (non-hydrogen) atoms. The van der Waals surface area contributed by atoms with Crippen LogP contribution in [0.3, 0.4) is 0 Å². The third-order valence-corrected chi connectivity index (χ3v) is 7.08. The summed E-state index contributed by atoms with van der Waals surface area (Å²) in [6, 6.07) is 22.7. The summed E-state index contributed by atoms with van der Waals surface area (Å²) >= 11 is 0. The van der Waals surface area contributed by atoms with Gasteiger partial charge in [0, 0.05) is 10.8 Å². The summed E-state index contributed by atoms with van der Waals surface area (Å²) in [5, 5.41) is 0. The molecule has 0 saturated heterocycles. The van der Waals surface area contributed by atoms with Crippen molar-refractivity contribution in [1.29, 1.82) is 0 Å². The second-order valence-corrected chi connectivity index (χ2v) is 8.68. The smallest absolute Gasteiger partial charge is 0.0221 e. The molecule has 0 radical (unpaired) electrons. The van der Waals surface area contributed by atoms with Gasteiger partial charge in [-0.3, -0.25) is 0 Å². The fourth-order valence-corrected chi connectivity index (χ4v) is 5.66. The van der Waals surface area contributed by atoms with Crippen molar-refractivity contribution in [2.45, 2.75) is 65.2 Å². The molecule has 2 aliphatic carbocycles. The van der Waals surface area contributed by atoms with E-state index in [1.807, 2.05) is 27.7 Å². The largest absolute Gasteiger partial charge is 0.103 e. The maximum Gasteiger partial charge on any atom is 0.0221 e. The van der Waals surface area contributed by atoms with Gasteiger partial charge in [-0.25, -0.2) is 0 Å². The molecule has 0 fully saturated rings. The lowest BCUT2D eigenvalue weighted by molar-refractivity contribution is 0.590. The summed E-state index contributed by atoms with van der Waals surface area (Å²) in [7, 11) is 0. The Labute approximate surface area is 195 Å². The Morgan fingerprint density at radius 2 is 0.906 bits per heavy atom. The molecule has 0 bridgehead atoms. The third-order valence-electron chi connectivity index (χ3n) is 7.08. The van der Waals surface area contributed by atoms with Gasteiger partial charge in [0.2, 0.25) is 0 Å². The molecule has 5 rings (SSSR count). The molecule has 3 aromatic rings. The highest BCUT2D eigenvalue weighted by Gasteiger charge is 2.43. The minimum atomic E-state index is -0.0188. The molecular formula is C32H38. The molecule has 166 valence electrons. The Balaban J connectivity index is 0.000000686. The Morgan fingerprint density at radius 1 is 0.562 bits per heavy atom.